The van der Waals surface area contributed by atoms with Crippen molar-refractivity contribution >= 4 is 23.9 Å². The number of nitrogens with zero attached hydrogens (tertiary/aromatic N) is 1. The van der Waals surface area contributed by atoms with Gasteiger partial charge in [-0.1, -0.05) is 63.8 Å². The first-order valence-electron chi connectivity index (χ1n) is 19.5. The topological polar surface area (TPSA) is 162 Å². The lowest BCUT2D eigenvalue weighted by Crippen LogP contribution is -2.70. The summed E-state index contributed by atoms with van der Waals surface area (Å²) in [5.41, 5.74) is -0.371. The fourth-order valence-corrected chi connectivity index (χ4v) is 8.07. The molecule has 3 heterocycles. The highest BCUT2D eigenvalue weighted by atomic mass is 16.8. The number of nitrogens with one attached hydrogen (secondary N) is 1. The first kappa shape index (κ1) is 41.1. The van der Waals surface area contributed by atoms with Crippen LogP contribution in [0.2, 0.25) is 0 Å². The van der Waals surface area contributed by atoms with Crippen molar-refractivity contribution in [1.29, 1.82) is 0 Å². The molecular weight excluding hydrogens is 684 g/mol. The second-order valence-corrected chi connectivity index (χ2v) is 15.8. The normalized spacial score (nSPS) is 28.1. The Labute approximate surface area is 313 Å². The van der Waals surface area contributed by atoms with Crippen molar-refractivity contribution in [2.75, 3.05) is 19.8 Å². The number of aliphatic hydroxyl groups is 2. The molecule has 7 atom stereocenters. The summed E-state index contributed by atoms with van der Waals surface area (Å²) >= 11 is 0. The van der Waals surface area contributed by atoms with Crippen molar-refractivity contribution < 1.29 is 53.1 Å². The number of hydrogen-bond donors (Lipinski definition) is 3. The van der Waals surface area contributed by atoms with Gasteiger partial charge in [-0.3, -0.25) is 19.2 Å². The van der Waals surface area contributed by atoms with E-state index in [1.165, 1.54) is 6.26 Å². The molecule has 2 unspecified atom stereocenters. The molecule has 13 heteroatoms. The zero-order valence-corrected chi connectivity index (χ0v) is 32.1. The van der Waals surface area contributed by atoms with Crippen LogP contribution in [-0.2, 0) is 49.5 Å². The molecule has 1 aromatic carbocycles. The zero-order valence-electron chi connectivity index (χ0n) is 32.1. The summed E-state index contributed by atoms with van der Waals surface area (Å²) in [4.78, 5) is 48.1. The quantitative estimate of drug-likeness (QED) is 0.0960. The Kier molecular flexibility index (Phi) is 14.0. The van der Waals surface area contributed by atoms with Gasteiger partial charge in [0.1, 0.15) is 42.0 Å². The highest BCUT2D eigenvalue weighted by Crippen LogP contribution is 2.58. The van der Waals surface area contributed by atoms with Crippen molar-refractivity contribution in [3.63, 3.8) is 0 Å². The van der Waals surface area contributed by atoms with Gasteiger partial charge in [-0.05, 0) is 57.2 Å². The number of carbonyl (C=O) groups is 3. The maximum absolute atomic E-state index is 14.8. The van der Waals surface area contributed by atoms with E-state index in [-0.39, 0.29) is 39.0 Å². The third-order valence-electron chi connectivity index (χ3n) is 10.6. The third-order valence-corrected chi connectivity index (χ3v) is 10.6. The van der Waals surface area contributed by atoms with Gasteiger partial charge >= 0.3 is 11.9 Å². The van der Waals surface area contributed by atoms with E-state index in [4.69, 9.17) is 33.6 Å². The first-order valence-corrected chi connectivity index (χ1v) is 19.5. The maximum Gasteiger partial charge on any atom is 0.327 e. The van der Waals surface area contributed by atoms with Crippen LogP contribution in [0.1, 0.15) is 116 Å². The Hall–Kier alpha value is -3.07. The van der Waals surface area contributed by atoms with Gasteiger partial charge in [0.05, 0.1) is 32.1 Å². The van der Waals surface area contributed by atoms with Crippen molar-refractivity contribution in [3.05, 3.63) is 41.7 Å². The lowest BCUT2D eigenvalue weighted by atomic mass is 9.62. The third kappa shape index (κ3) is 9.60. The number of ether oxygens (including phenoxy) is 5. The summed E-state index contributed by atoms with van der Waals surface area (Å²) in [6, 6.07) is 5.75. The van der Waals surface area contributed by atoms with Crippen LogP contribution in [0.3, 0.4) is 0 Å². The molecule has 0 spiro atoms. The zero-order chi connectivity index (χ0) is 38.2. The molecule has 1 saturated carbocycles. The number of hydroxylamine groups is 2. The molecule has 1 aromatic rings. The lowest BCUT2D eigenvalue weighted by Gasteiger charge is -2.49. The number of benzene rings is 1. The Balaban J connectivity index is 1.44. The smallest absolute Gasteiger partial charge is 0.327 e. The molecule has 1 amide bonds. The van der Waals surface area contributed by atoms with Gasteiger partial charge in [0.2, 0.25) is 5.91 Å². The predicted molar refractivity (Wildman–Crippen MR) is 195 cm³/mol. The van der Waals surface area contributed by atoms with E-state index in [2.05, 4.69) is 19.2 Å². The van der Waals surface area contributed by atoms with Crippen LogP contribution in [0.15, 0.2) is 30.5 Å². The average molecular weight is 745 g/mol. The van der Waals surface area contributed by atoms with Crippen LogP contribution < -0.4 is 5.32 Å². The molecule has 2 bridgehead atoms. The second-order valence-electron chi connectivity index (χ2n) is 15.8. The second kappa shape index (κ2) is 18.0. The summed E-state index contributed by atoms with van der Waals surface area (Å²) in [7, 11) is 0. The number of aliphatic hydroxyl groups excluding tert-OH is 2. The molecule has 4 fully saturated rings. The van der Waals surface area contributed by atoms with Gasteiger partial charge in [0.25, 0.3) is 0 Å². The van der Waals surface area contributed by atoms with Crippen molar-refractivity contribution in [3.8, 4) is 0 Å². The fraction of sp³-hybridized carbons (Fsp3) is 0.725. The number of unbranched alkanes of at least 4 members (excludes halogenated alkanes) is 4. The highest BCUT2D eigenvalue weighted by molar-refractivity contribution is 5.93. The fourth-order valence-electron chi connectivity index (χ4n) is 8.07. The van der Waals surface area contributed by atoms with E-state index in [9.17, 15) is 19.5 Å². The standard InChI is InChI=1S/C40H60N2O11/c1-6-8-10-19-39(20-11-9-7-2)51-32-30-24-40(37(47)41-29(26-44)16-17-31(45)50-38(3,4)5)34(36(46)49-30)42(53-35(40)33(32)52-39)25-28-14-12-27(13-15-28)18-22-48-23-21-43/h12-15,18,22,29-30,32-35,43-44H,6-11,16-17,19-21,23-26H2,1-5H3,(H,41,47)/t29-,30?,32-,33-,34-,35+,40?/m0/s1. The molecular formula is C40H60N2O11. The number of amides is 1. The van der Waals surface area contributed by atoms with Crippen LogP contribution in [0.4, 0.5) is 0 Å². The Morgan fingerprint density at radius 1 is 1.04 bits per heavy atom. The maximum atomic E-state index is 14.8. The van der Waals surface area contributed by atoms with Gasteiger partial charge < -0.3 is 39.2 Å². The number of esters is 2. The number of fused-ring (bicyclic) bond motifs is 4. The van der Waals surface area contributed by atoms with Crippen LogP contribution in [0.25, 0.3) is 6.08 Å². The minimum absolute atomic E-state index is 0.00560. The summed E-state index contributed by atoms with van der Waals surface area (Å²) in [5, 5.41) is 23.8. The van der Waals surface area contributed by atoms with Crippen molar-refractivity contribution in [2.45, 2.75) is 160 Å². The van der Waals surface area contributed by atoms with E-state index in [0.717, 1.165) is 49.7 Å². The SMILES string of the molecule is CCCCCC1(CCCCC)O[C@@H]2[C@H]3ON(Cc4ccc(C=COCCO)cc4)[C@H]4C(=O)OC(CC34C(=O)N[C@H](CO)CCC(=O)OC(C)(C)C)[C@@H]2O1. The van der Waals surface area contributed by atoms with Gasteiger partial charge in [-0.15, -0.1) is 0 Å². The minimum atomic E-state index is -1.42. The summed E-state index contributed by atoms with van der Waals surface area (Å²) in [5.74, 6) is -2.36. The van der Waals surface area contributed by atoms with Crippen molar-refractivity contribution in [1.82, 2.24) is 10.4 Å². The van der Waals surface area contributed by atoms with E-state index >= 15 is 0 Å². The summed E-state index contributed by atoms with van der Waals surface area (Å²) in [6.07, 6.45) is 7.99. The molecule has 3 N–H and O–H groups in total. The molecule has 53 heavy (non-hydrogen) atoms. The van der Waals surface area contributed by atoms with Crippen LogP contribution >= 0.6 is 0 Å². The van der Waals surface area contributed by atoms with Crippen LogP contribution in [0, 0.1) is 5.41 Å². The van der Waals surface area contributed by atoms with E-state index in [1.54, 1.807) is 31.9 Å². The van der Waals surface area contributed by atoms with E-state index in [0.29, 0.717) is 12.8 Å². The molecule has 13 nitrogen and oxygen atoms in total. The minimum Gasteiger partial charge on any atom is -0.499 e. The van der Waals surface area contributed by atoms with E-state index in [1.807, 2.05) is 24.3 Å². The van der Waals surface area contributed by atoms with Gasteiger partial charge in [-0.2, -0.15) is 5.06 Å². The summed E-state index contributed by atoms with van der Waals surface area (Å²) < 4.78 is 30.6. The molecule has 0 radical (unpaired) electrons. The van der Waals surface area contributed by atoms with E-state index < -0.39 is 77.8 Å². The monoisotopic (exact) mass is 744 g/mol. The Morgan fingerprint density at radius 2 is 1.72 bits per heavy atom. The molecule has 3 saturated heterocycles. The van der Waals surface area contributed by atoms with Gasteiger partial charge in [0, 0.05) is 25.7 Å². The molecule has 0 aromatic heterocycles. The predicted octanol–water partition coefficient (Wildman–Crippen LogP) is 4.71. The highest BCUT2D eigenvalue weighted by Gasteiger charge is 2.76. The van der Waals surface area contributed by atoms with Crippen LogP contribution in [0.5, 0.6) is 0 Å². The molecule has 3 aliphatic heterocycles. The Morgan fingerprint density at radius 3 is 2.34 bits per heavy atom. The van der Waals surface area contributed by atoms with Crippen molar-refractivity contribution in [2.24, 2.45) is 5.41 Å². The number of hydrogen-bond acceptors (Lipinski definition) is 12. The molecule has 5 rings (SSSR count). The Bertz CT molecular complexity index is 1400. The number of carbonyl (C=O) groups excluding carboxylic acids is 3. The van der Waals surface area contributed by atoms with Crippen LogP contribution in [-0.4, -0.2) is 101 Å². The average Bonchev–Trinajstić information content (AvgIpc) is 3.67. The summed E-state index contributed by atoms with van der Waals surface area (Å²) in [6.45, 7) is 9.54. The number of rotatable bonds is 20. The largest absolute Gasteiger partial charge is 0.499 e. The first-order chi connectivity index (χ1) is 25.4. The lowest BCUT2D eigenvalue weighted by molar-refractivity contribution is -0.224. The molecule has 4 aliphatic rings. The van der Waals surface area contributed by atoms with Gasteiger partial charge in [-0.25, -0.2) is 0 Å². The van der Waals surface area contributed by atoms with Gasteiger partial charge in [0.15, 0.2) is 11.8 Å². The molecule has 296 valence electrons. The molecule has 1 aliphatic carbocycles.